The molecule has 0 aliphatic heterocycles. The van der Waals surface area contributed by atoms with Gasteiger partial charge in [0.25, 0.3) is 0 Å². The van der Waals surface area contributed by atoms with E-state index in [1.165, 1.54) is 16.2 Å². The maximum absolute atomic E-state index is 12.5. The van der Waals surface area contributed by atoms with Crippen molar-refractivity contribution in [1.29, 1.82) is 0 Å². The summed E-state index contributed by atoms with van der Waals surface area (Å²) < 4.78 is 37.4. The number of halogens is 3. The second-order valence-electron chi connectivity index (χ2n) is 4.18. The smallest absolute Gasteiger partial charge is 0.336 e. The first-order valence-electron chi connectivity index (χ1n) is 5.40. The van der Waals surface area contributed by atoms with Gasteiger partial charge in [0.05, 0.1) is 5.69 Å². The molecule has 2 rings (SSSR count). The van der Waals surface area contributed by atoms with Gasteiger partial charge in [-0.2, -0.15) is 13.2 Å². The molecule has 2 N–H and O–H groups in total. The molecule has 1 aromatic rings. The van der Waals surface area contributed by atoms with Crippen molar-refractivity contribution in [2.45, 2.75) is 38.5 Å². The van der Waals surface area contributed by atoms with Gasteiger partial charge in [-0.15, -0.1) is 11.3 Å². The summed E-state index contributed by atoms with van der Waals surface area (Å²) in [5.74, 6) is 0. The van der Waals surface area contributed by atoms with Gasteiger partial charge in [0.1, 0.15) is 6.54 Å². The van der Waals surface area contributed by atoms with Crippen LogP contribution in [0.5, 0.6) is 0 Å². The minimum atomic E-state index is -4.19. The van der Waals surface area contributed by atoms with Gasteiger partial charge >= 0.3 is 6.18 Å². The van der Waals surface area contributed by atoms with Crippen LogP contribution in [0.1, 0.15) is 23.4 Å². The Hall–Kier alpha value is -0.820. The summed E-state index contributed by atoms with van der Waals surface area (Å²) in [6.45, 7) is 1.18. The number of aromatic nitrogens is 1. The predicted octanol–water partition coefficient (Wildman–Crippen LogP) is 2.44. The lowest BCUT2D eigenvalue weighted by Gasteiger charge is -2.22. The third kappa shape index (κ3) is 3.10. The van der Waals surface area contributed by atoms with Crippen LogP contribution < -0.4 is 10.6 Å². The largest absolute Gasteiger partial charge is 0.406 e. The fourth-order valence-corrected chi connectivity index (χ4v) is 2.67. The molecule has 17 heavy (non-hydrogen) atoms. The maximum Gasteiger partial charge on any atom is 0.406 e. The number of nitrogens with two attached hydrogens (primary N) is 1. The number of thiazole rings is 1. The number of alkyl halides is 3. The van der Waals surface area contributed by atoms with E-state index < -0.39 is 12.7 Å². The molecule has 1 aliphatic carbocycles. The van der Waals surface area contributed by atoms with Crippen LogP contribution in [0.25, 0.3) is 0 Å². The third-order valence-electron chi connectivity index (χ3n) is 2.65. The lowest BCUT2D eigenvalue weighted by atomic mass is 10.4. The fraction of sp³-hybridized carbons (Fsp3) is 0.700. The Balaban J connectivity index is 2.20. The van der Waals surface area contributed by atoms with Crippen molar-refractivity contribution < 1.29 is 13.2 Å². The lowest BCUT2D eigenvalue weighted by molar-refractivity contribution is -0.120. The quantitative estimate of drug-likeness (QED) is 0.909. The number of rotatable bonds is 4. The average Bonchev–Trinajstić information content (AvgIpc) is 2.97. The molecule has 0 unspecified atom stereocenters. The highest BCUT2D eigenvalue weighted by Gasteiger charge is 2.39. The van der Waals surface area contributed by atoms with Crippen LogP contribution in [0, 0.1) is 6.92 Å². The molecule has 7 heteroatoms. The van der Waals surface area contributed by atoms with Gasteiger partial charge in [-0.25, -0.2) is 4.98 Å². The van der Waals surface area contributed by atoms with Gasteiger partial charge in [0.2, 0.25) is 0 Å². The lowest BCUT2D eigenvalue weighted by Crippen LogP contribution is -2.35. The molecule has 0 bridgehead atoms. The molecule has 3 nitrogen and oxygen atoms in total. The Kier molecular flexibility index (Phi) is 3.31. The normalized spacial score (nSPS) is 16.3. The van der Waals surface area contributed by atoms with Crippen molar-refractivity contribution in [3.8, 4) is 0 Å². The molecule has 0 saturated heterocycles. The van der Waals surface area contributed by atoms with E-state index in [0.29, 0.717) is 11.7 Å². The molecule has 0 spiro atoms. The molecule has 0 atom stereocenters. The molecule has 0 radical (unpaired) electrons. The monoisotopic (exact) mass is 265 g/mol. The molecule has 1 aromatic heterocycles. The number of hydrogen-bond acceptors (Lipinski definition) is 4. The molecule has 1 fully saturated rings. The predicted molar refractivity (Wildman–Crippen MR) is 61.2 cm³/mol. The fourth-order valence-electron chi connectivity index (χ4n) is 1.66. The first kappa shape index (κ1) is 12.6. The van der Waals surface area contributed by atoms with Crippen LogP contribution in [0.15, 0.2) is 0 Å². The van der Waals surface area contributed by atoms with E-state index in [4.69, 9.17) is 5.73 Å². The van der Waals surface area contributed by atoms with E-state index in [1.807, 2.05) is 0 Å². The number of hydrogen-bond donors (Lipinski definition) is 1. The zero-order valence-corrected chi connectivity index (χ0v) is 10.2. The van der Waals surface area contributed by atoms with Gasteiger partial charge < -0.3 is 10.6 Å². The summed E-state index contributed by atoms with van der Waals surface area (Å²) in [5.41, 5.74) is 6.25. The number of aryl methyl sites for hydroxylation is 1. The zero-order chi connectivity index (χ0) is 12.6. The summed E-state index contributed by atoms with van der Waals surface area (Å²) >= 11 is 1.27. The van der Waals surface area contributed by atoms with Crippen molar-refractivity contribution in [2.75, 3.05) is 11.4 Å². The van der Waals surface area contributed by atoms with Gasteiger partial charge in [-0.1, -0.05) is 0 Å². The Labute approximate surface area is 101 Å². The molecule has 96 valence electrons. The Morgan fingerprint density at radius 2 is 2.12 bits per heavy atom. The standard InChI is InChI=1S/C10H14F3N3S/c1-6-8(4-14)17-9(15-6)16(7-2-3-7)5-10(11,12)13/h7H,2-5,14H2,1H3. The van der Waals surface area contributed by atoms with Gasteiger partial charge in [0, 0.05) is 17.5 Å². The van der Waals surface area contributed by atoms with Crippen LogP contribution in [0.3, 0.4) is 0 Å². The summed E-state index contributed by atoms with van der Waals surface area (Å²) in [5, 5.41) is 0.447. The molecule has 1 aliphatic rings. The summed E-state index contributed by atoms with van der Waals surface area (Å²) in [6, 6.07) is -0.00667. The molecule has 1 saturated carbocycles. The summed E-state index contributed by atoms with van der Waals surface area (Å²) in [6.07, 6.45) is -2.57. The molecule has 1 heterocycles. The van der Waals surface area contributed by atoms with Crippen molar-refractivity contribution in [3.05, 3.63) is 10.6 Å². The Morgan fingerprint density at radius 1 is 1.47 bits per heavy atom. The molecule has 0 amide bonds. The molecular formula is C10H14F3N3S. The second kappa shape index (κ2) is 4.45. The minimum Gasteiger partial charge on any atom is -0.336 e. The average molecular weight is 265 g/mol. The second-order valence-corrected chi connectivity index (χ2v) is 5.25. The highest BCUT2D eigenvalue weighted by atomic mass is 32.1. The highest BCUT2D eigenvalue weighted by molar-refractivity contribution is 7.15. The van der Waals surface area contributed by atoms with E-state index in [-0.39, 0.29) is 6.04 Å². The maximum atomic E-state index is 12.5. The van der Waals surface area contributed by atoms with E-state index in [9.17, 15) is 13.2 Å². The summed E-state index contributed by atoms with van der Waals surface area (Å²) in [7, 11) is 0. The molecular weight excluding hydrogens is 251 g/mol. The number of nitrogens with zero attached hydrogens (tertiary/aromatic N) is 2. The Bertz CT molecular complexity index is 398. The van der Waals surface area contributed by atoms with Gasteiger partial charge in [-0.3, -0.25) is 0 Å². The summed E-state index contributed by atoms with van der Waals surface area (Å²) in [4.78, 5) is 6.40. The van der Waals surface area contributed by atoms with Crippen molar-refractivity contribution >= 4 is 16.5 Å². The third-order valence-corrected chi connectivity index (χ3v) is 3.87. The van der Waals surface area contributed by atoms with E-state index >= 15 is 0 Å². The zero-order valence-electron chi connectivity index (χ0n) is 9.42. The van der Waals surface area contributed by atoms with Crippen LogP contribution in [0.2, 0.25) is 0 Å². The SMILES string of the molecule is Cc1nc(N(CC(F)(F)F)C2CC2)sc1CN. The Morgan fingerprint density at radius 3 is 2.53 bits per heavy atom. The molecule has 0 aromatic carbocycles. The van der Waals surface area contributed by atoms with Crippen molar-refractivity contribution in [2.24, 2.45) is 5.73 Å². The number of anilines is 1. The highest BCUT2D eigenvalue weighted by Crippen LogP contribution is 2.37. The van der Waals surface area contributed by atoms with E-state index in [1.54, 1.807) is 6.92 Å². The van der Waals surface area contributed by atoms with E-state index in [2.05, 4.69) is 4.98 Å². The minimum absolute atomic E-state index is 0.00667. The van der Waals surface area contributed by atoms with Gasteiger partial charge in [-0.05, 0) is 19.8 Å². The van der Waals surface area contributed by atoms with Crippen LogP contribution in [-0.4, -0.2) is 23.7 Å². The van der Waals surface area contributed by atoms with E-state index in [0.717, 1.165) is 23.4 Å². The van der Waals surface area contributed by atoms with Gasteiger partial charge in [0.15, 0.2) is 5.13 Å². The van der Waals surface area contributed by atoms with Crippen molar-refractivity contribution in [1.82, 2.24) is 4.98 Å². The van der Waals surface area contributed by atoms with Crippen LogP contribution >= 0.6 is 11.3 Å². The van der Waals surface area contributed by atoms with Crippen LogP contribution in [-0.2, 0) is 6.54 Å². The first-order valence-corrected chi connectivity index (χ1v) is 6.22. The topological polar surface area (TPSA) is 42.2 Å². The van der Waals surface area contributed by atoms with Crippen LogP contribution in [0.4, 0.5) is 18.3 Å². The first-order chi connectivity index (χ1) is 7.90. The van der Waals surface area contributed by atoms with Crippen molar-refractivity contribution in [3.63, 3.8) is 0 Å².